The van der Waals surface area contributed by atoms with Gasteiger partial charge in [-0.3, -0.25) is 0 Å². The molecule has 0 saturated carbocycles. The highest BCUT2D eigenvalue weighted by Gasteiger charge is 2.13. The van der Waals surface area contributed by atoms with Gasteiger partial charge in [-0.25, -0.2) is 9.97 Å². The fraction of sp³-hybridized carbons (Fsp3) is 0.250. The van der Waals surface area contributed by atoms with Crippen molar-refractivity contribution in [1.29, 1.82) is 0 Å². The molecule has 0 unspecified atom stereocenters. The molecule has 4 rings (SSSR count). The first-order valence-corrected chi connectivity index (χ1v) is 9.63. The summed E-state index contributed by atoms with van der Waals surface area (Å²) >= 11 is 0. The normalized spacial score (nSPS) is 11.7. The van der Waals surface area contributed by atoms with Gasteiger partial charge in [-0.05, 0) is 45.4 Å². The molecule has 0 fully saturated rings. The van der Waals surface area contributed by atoms with Crippen molar-refractivity contribution in [3.05, 3.63) is 96.6 Å². The summed E-state index contributed by atoms with van der Waals surface area (Å²) in [7, 11) is 0. The van der Waals surface area contributed by atoms with Gasteiger partial charge in [0.05, 0.1) is 12.7 Å². The minimum Gasteiger partial charge on any atom is -0.333 e. The molecule has 2 aromatic carbocycles. The van der Waals surface area contributed by atoms with Crippen molar-refractivity contribution in [1.82, 2.24) is 19.1 Å². The molecule has 0 aliphatic heterocycles. The fourth-order valence-electron chi connectivity index (χ4n) is 3.46. The smallest absolute Gasteiger partial charge is 0.0949 e. The number of hydrogen-bond acceptors (Lipinski definition) is 2. The Morgan fingerprint density at radius 2 is 1.25 bits per heavy atom. The molecule has 4 heteroatoms. The molecule has 0 aliphatic rings. The Hall–Kier alpha value is -3.14. The molecule has 2 aromatic heterocycles. The van der Waals surface area contributed by atoms with Crippen LogP contribution in [0.1, 0.15) is 37.5 Å². The van der Waals surface area contributed by atoms with Gasteiger partial charge in [0.25, 0.3) is 0 Å². The van der Waals surface area contributed by atoms with Gasteiger partial charge in [0.1, 0.15) is 0 Å². The molecule has 0 amide bonds. The maximum absolute atomic E-state index is 4.17. The lowest BCUT2D eigenvalue weighted by Crippen LogP contribution is -2.10. The van der Waals surface area contributed by atoms with Crippen LogP contribution in [0.5, 0.6) is 0 Å². The van der Waals surface area contributed by atoms with Crippen molar-refractivity contribution in [3.63, 3.8) is 0 Å². The molecule has 0 aliphatic carbocycles. The highest BCUT2D eigenvalue weighted by atomic mass is 15.0. The molecule has 0 N–H and O–H groups in total. The summed E-state index contributed by atoms with van der Waals surface area (Å²) in [6.07, 6.45) is 11.4. The molecule has 0 spiro atoms. The van der Waals surface area contributed by atoms with Crippen LogP contribution in [-0.4, -0.2) is 19.1 Å². The Balaban J connectivity index is 1.70. The van der Waals surface area contributed by atoms with E-state index in [4.69, 9.17) is 0 Å². The maximum Gasteiger partial charge on any atom is 0.0949 e. The van der Waals surface area contributed by atoms with Crippen LogP contribution in [0.4, 0.5) is 0 Å². The van der Waals surface area contributed by atoms with E-state index in [1.165, 1.54) is 27.8 Å². The molecular weight excluding hydrogens is 344 g/mol. The first-order chi connectivity index (χ1) is 13.5. The lowest BCUT2D eigenvalue weighted by atomic mass is 9.86. The lowest BCUT2D eigenvalue weighted by Gasteiger charge is -2.19. The Bertz CT molecular complexity index is 967. The average Bonchev–Trinajstić information content (AvgIpc) is 3.35. The second kappa shape index (κ2) is 7.47. The van der Waals surface area contributed by atoms with Crippen LogP contribution in [0.3, 0.4) is 0 Å². The number of hydrogen-bond donors (Lipinski definition) is 0. The molecule has 28 heavy (non-hydrogen) atoms. The van der Waals surface area contributed by atoms with Crippen LogP contribution in [0.25, 0.3) is 11.1 Å². The van der Waals surface area contributed by atoms with E-state index in [0.29, 0.717) is 0 Å². The minimum absolute atomic E-state index is 0.161. The summed E-state index contributed by atoms with van der Waals surface area (Å²) in [5.41, 5.74) is 6.54. The minimum atomic E-state index is 0.161. The molecular formula is C24H26N4. The van der Waals surface area contributed by atoms with Gasteiger partial charge in [-0.1, -0.05) is 51.1 Å². The van der Waals surface area contributed by atoms with Gasteiger partial charge >= 0.3 is 0 Å². The van der Waals surface area contributed by atoms with E-state index in [-0.39, 0.29) is 5.41 Å². The van der Waals surface area contributed by atoms with Crippen LogP contribution in [-0.2, 0) is 18.5 Å². The molecule has 2 heterocycles. The van der Waals surface area contributed by atoms with E-state index >= 15 is 0 Å². The van der Waals surface area contributed by atoms with Gasteiger partial charge in [0.2, 0.25) is 0 Å². The Morgan fingerprint density at radius 3 is 1.68 bits per heavy atom. The number of imidazole rings is 2. The van der Waals surface area contributed by atoms with E-state index < -0.39 is 0 Å². The summed E-state index contributed by atoms with van der Waals surface area (Å²) in [5, 5.41) is 0. The third-order valence-corrected chi connectivity index (χ3v) is 4.99. The summed E-state index contributed by atoms with van der Waals surface area (Å²) < 4.78 is 4.20. The summed E-state index contributed by atoms with van der Waals surface area (Å²) in [4.78, 5) is 8.33. The predicted octanol–water partition coefficient (Wildman–Crippen LogP) is 5.14. The quantitative estimate of drug-likeness (QED) is 0.487. The summed E-state index contributed by atoms with van der Waals surface area (Å²) in [5.74, 6) is 0. The van der Waals surface area contributed by atoms with Crippen LogP contribution < -0.4 is 0 Å². The number of nitrogens with zero attached hydrogens (tertiary/aromatic N) is 4. The van der Waals surface area contributed by atoms with Gasteiger partial charge < -0.3 is 9.13 Å². The predicted molar refractivity (Wildman–Crippen MR) is 113 cm³/mol. The fourth-order valence-corrected chi connectivity index (χ4v) is 3.46. The Labute approximate surface area is 166 Å². The third-order valence-electron chi connectivity index (χ3n) is 4.99. The van der Waals surface area contributed by atoms with Gasteiger partial charge in [0.15, 0.2) is 0 Å². The van der Waals surface area contributed by atoms with E-state index in [9.17, 15) is 0 Å². The van der Waals surface area contributed by atoms with Crippen molar-refractivity contribution in [2.24, 2.45) is 0 Å². The van der Waals surface area contributed by atoms with E-state index in [1.54, 1.807) is 0 Å². The second-order valence-electron chi connectivity index (χ2n) is 8.34. The maximum atomic E-state index is 4.17. The second-order valence-corrected chi connectivity index (χ2v) is 8.34. The molecule has 0 saturated heterocycles. The first-order valence-electron chi connectivity index (χ1n) is 9.63. The molecule has 4 aromatic rings. The van der Waals surface area contributed by atoms with Crippen LogP contribution >= 0.6 is 0 Å². The van der Waals surface area contributed by atoms with Crippen LogP contribution in [0.2, 0.25) is 0 Å². The number of benzene rings is 2. The standard InChI is InChI=1S/C24H26N4/c1-24(2,3)23-6-4-21(5-7-23)22-13-19(15-27-10-8-25-17-27)12-20(14-22)16-28-11-9-26-18-28/h4-14,17-18H,15-16H2,1-3H3. The van der Waals surface area contributed by atoms with Gasteiger partial charge in [-0.15, -0.1) is 0 Å². The molecule has 0 atom stereocenters. The Morgan fingerprint density at radius 1 is 0.714 bits per heavy atom. The topological polar surface area (TPSA) is 35.6 Å². The first kappa shape index (κ1) is 18.2. The number of rotatable bonds is 5. The third kappa shape index (κ3) is 4.22. The van der Waals surface area contributed by atoms with Crippen molar-refractivity contribution in [2.45, 2.75) is 39.3 Å². The van der Waals surface area contributed by atoms with Crippen LogP contribution in [0.15, 0.2) is 79.9 Å². The van der Waals surface area contributed by atoms with Crippen molar-refractivity contribution in [3.8, 4) is 11.1 Å². The summed E-state index contributed by atoms with van der Waals surface area (Å²) in [6, 6.07) is 15.8. The molecule has 4 nitrogen and oxygen atoms in total. The Kier molecular flexibility index (Phi) is 4.86. The average molecular weight is 371 g/mol. The van der Waals surface area contributed by atoms with E-state index in [2.05, 4.69) is 82.3 Å². The van der Waals surface area contributed by atoms with Crippen molar-refractivity contribution >= 4 is 0 Å². The highest BCUT2D eigenvalue weighted by molar-refractivity contribution is 5.66. The van der Waals surface area contributed by atoms with E-state index in [1.807, 2.05) is 37.4 Å². The van der Waals surface area contributed by atoms with Gasteiger partial charge in [-0.2, -0.15) is 0 Å². The summed E-state index contributed by atoms with van der Waals surface area (Å²) in [6.45, 7) is 8.36. The van der Waals surface area contributed by atoms with E-state index in [0.717, 1.165) is 13.1 Å². The monoisotopic (exact) mass is 370 g/mol. The molecule has 0 bridgehead atoms. The van der Waals surface area contributed by atoms with Crippen molar-refractivity contribution < 1.29 is 0 Å². The van der Waals surface area contributed by atoms with Gasteiger partial charge in [0, 0.05) is 37.9 Å². The zero-order chi connectivity index (χ0) is 19.6. The molecule has 142 valence electrons. The SMILES string of the molecule is CC(C)(C)c1ccc(-c2cc(Cn3ccnc3)cc(Cn3ccnc3)c2)cc1. The van der Waals surface area contributed by atoms with Crippen LogP contribution in [0, 0.1) is 0 Å². The largest absolute Gasteiger partial charge is 0.333 e. The molecule has 0 radical (unpaired) electrons. The van der Waals surface area contributed by atoms with Crippen molar-refractivity contribution in [2.75, 3.05) is 0 Å². The number of aromatic nitrogens is 4. The zero-order valence-electron chi connectivity index (χ0n) is 16.7. The lowest BCUT2D eigenvalue weighted by molar-refractivity contribution is 0.590. The zero-order valence-corrected chi connectivity index (χ0v) is 16.7. The highest BCUT2D eigenvalue weighted by Crippen LogP contribution is 2.28.